The highest BCUT2D eigenvalue weighted by Crippen LogP contribution is 2.31. The van der Waals surface area contributed by atoms with Gasteiger partial charge in [0.25, 0.3) is 0 Å². The van der Waals surface area contributed by atoms with Crippen molar-refractivity contribution in [2.24, 2.45) is 17.8 Å². The third-order valence-electron chi connectivity index (χ3n) is 6.06. The second-order valence-corrected chi connectivity index (χ2v) is 7.99. The number of anilines is 1. The Morgan fingerprint density at radius 2 is 1.56 bits per heavy atom. The summed E-state index contributed by atoms with van der Waals surface area (Å²) in [5.41, 5.74) is 0.689. The molecule has 2 atom stereocenters. The second kappa shape index (κ2) is 9.77. The van der Waals surface area contributed by atoms with E-state index in [-0.39, 0.29) is 5.91 Å². The molecule has 1 amide bonds. The number of carboxylic acid groups (broad SMARTS) is 1. The number of hydrogen-bond donors (Lipinski definition) is 2. The minimum Gasteiger partial charge on any atom is -0.494 e. The first-order valence-corrected chi connectivity index (χ1v) is 10.4. The predicted octanol–water partition coefficient (Wildman–Crippen LogP) is 4.87. The van der Waals surface area contributed by atoms with E-state index >= 15 is 0 Å². The first-order valence-electron chi connectivity index (χ1n) is 10.4. The Morgan fingerprint density at radius 1 is 0.926 bits per heavy atom. The predicted molar refractivity (Wildman–Crippen MR) is 105 cm³/mol. The normalized spacial score (nSPS) is 23.6. The van der Waals surface area contributed by atoms with Gasteiger partial charge in [-0.3, -0.25) is 9.59 Å². The summed E-state index contributed by atoms with van der Waals surface area (Å²) in [6, 6.07) is 7.39. The van der Waals surface area contributed by atoms with Gasteiger partial charge in [0, 0.05) is 5.69 Å². The van der Waals surface area contributed by atoms with Crippen molar-refractivity contribution in [1.82, 2.24) is 0 Å². The van der Waals surface area contributed by atoms with Gasteiger partial charge in [-0.05, 0) is 49.4 Å². The van der Waals surface area contributed by atoms with Gasteiger partial charge in [-0.15, -0.1) is 0 Å². The third kappa shape index (κ3) is 5.72. The van der Waals surface area contributed by atoms with Crippen LogP contribution in [-0.2, 0) is 9.59 Å². The summed E-state index contributed by atoms with van der Waals surface area (Å²) in [6.07, 6.45) is 10.9. The van der Waals surface area contributed by atoms with Gasteiger partial charge < -0.3 is 15.2 Å². The monoisotopic (exact) mass is 373 g/mol. The Kier molecular flexibility index (Phi) is 7.13. The first kappa shape index (κ1) is 19.7. The van der Waals surface area contributed by atoms with E-state index in [1.807, 2.05) is 24.3 Å². The highest BCUT2D eigenvalue weighted by atomic mass is 16.5. The van der Waals surface area contributed by atoms with Crippen molar-refractivity contribution in [3.63, 3.8) is 0 Å². The van der Waals surface area contributed by atoms with Gasteiger partial charge >= 0.3 is 5.97 Å². The zero-order valence-electron chi connectivity index (χ0n) is 16.0. The molecule has 1 aromatic rings. The molecule has 0 aliphatic heterocycles. The fraction of sp³-hybridized carbons (Fsp3) is 0.636. The van der Waals surface area contributed by atoms with Gasteiger partial charge in [0.1, 0.15) is 5.75 Å². The van der Waals surface area contributed by atoms with Crippen LogP contribution < -0.4 is 10.1 Å². The molecule has 2 aliphatic rings. The summed E-state index contributed by atoms with van der Waals surface area (Å²) in [5, 5.41) is 12.2. The van der Waals surface area contributed by atoms with E-state index < -0.39 is 17.8 Å². The van der Waals surface area contributed by atoms with Crippen molar-refractivity contribution in [2.45, 2.75) is 64.2 Å². The minimum absolute atomic E-state index is 0.187. The maximum atomic E-state index is 12.5. The van der Waals surface area contributed by atoms with E-state index in [2.05, 4.69) is 5.32 Å². The quantitative estimate of drug-likeness (QED) is 0.715. The summed E-state index contributed by atoms with van der Waals surface area (Å²) in [4.78, 5) is 23.9. The van der Waals surface area contributed by atoms with E-state index in [1.54, 1.807) is 0 Å². The lowest BCUT2D eigenvalue weighted by Crippen LogP contribution is -2.36. The van der Waals surface area contributed by atoms with Crippen LogP contribution in [0.3, 0.4) is 0 Å². The number of carboxylic acids is 1. The fourth-order valence-corrected chi connectivity index (χ4v) is 4.43. The average Bonchev–Trinajstić information content (AvgIpc) is 2.70. The van der Waals surface area contributed by atoms with Crippen LogP contribution in [0.2, 0.25) is 0 Å². The van der Waals surface area contributed by atoms with Gasteiger partial charge in [-0.2, -0.15) is 0 Å². The molecule has 0 radical (unpaired) electrons. The summed E-state index contributed by atoms with van der Waals surface area (Å²) in [5.74, 6) is -0.451. The maximum Gasteiger partial charge on any atom is 0.307 e. The zero-order valence-corrected chi connectivity index (χ0v) is 16.0. The third-order valence-corrected chi connectivity index (χ3v) is 6.06. The number of carbonyl (C=O) groups is 2. The van der Waals surface area contributed by atoms with E-state index in [1.165, 1.54) is 32.1 Å². The Labute approximate surface area is 161 Å². The molecule has 3 rings (SSSR count). The molecule has 2 saturated carbocycles. The molecule has 0 spiro atoms. The van der Waals surface area contributed by atoms with Crippen molar-refractivity contribution in [2.75, 3.05) is 11.9 Å². The van der Waals surface area contributed by atoms with Crippen LogP contribution in [0.4, 0.5) is 5.69 Å². The Morgan fingerprint density at radius 3 is 2.22 bits per heavy atom. The topological polar surface area (TPSA) is 75.6 Å². The van der Waals surface area contributed by atoms with Crippen LogP contribution in [0.5, 0.6) is 5.75 Å². The van der Waals surface area contributed by atoms with Crippen LogP contribution in [0.25, 0.3) is 0 Å². The number of amides is 1. The average molecular weight is 373 g/mol. The summed E-state index contributed by atoms with van der Waals surface area (Å²) in [6.45, 7) is 0.735. The Balaban J connectivity index is 1.46. The Bertz CT molecular complexity index is 622. The van der Waals surface area contributed by atoms with Crippen LogP contribution in [-0.4, -0.2) is 23.6 Å². The standard InChI is InChI=1S/C22H31NO4/c24-21(19-8-4-5-9-20(19)22(25)26)23-17-10-12-18(13-11-17)27-15-14-16-6-2-1-3-7-16/h10-13,16,19-20H,1-9,14-15H2,(H,23,24)(H,25,26)/t19-,20-/m1/s1. The number of hydrogen-bond acceptors (Lipinski definition) is 3. The molecule has 2 fully saturated rings. The van der Waals surface area contributed by atoms with Gasteiger partial charge in [0.15, 0.2) is 0 Å². The van der Waals surface area contributed by atoms with E-state index in [9.17, 15) is 14.7 Å². The summed E-state index contributed by atoms with van der Waals surface area (Å²) in [7, 11) is 0. The lowest BCUT2D eigenvalue weighted by molar-refractivity contribution is -0.147. The highest BCUT2D eigenvalue weighted by molar-refractivity contribution is 5.95. The van der Waals surface area contributed by atoms with Crippen LogP contribution in [0.1, 0.15) is 64.2 Å². The van der Waals surface area contributed by atoms with E-state index in [4.69, 9.17) is 4.74 Å². The lowest BCUT2D eigenvalue weighted by atomic mass is 9.78. The summed E-state index contributed by atoms with van der Waals surface area (Å²) < 4.78 is 5.84. The molecule has 0 heterocycles. The fourth-order valence-electron chi connectivity index (χ4n) is 4.43. The number of benzene rings is 1. The SMILES string of the molecule is O=C(O)[C@@H]1CCCC[C@H]1C(=O)Nc1ccc(OCCC2CCCCC2)cc1. The highest BCUT2D eigenvalue weighted by Gasteiger charge is 2.35. The smallest absolute Gasteiger partial charge is 0.307 e. The molecule has 5 heteroatoms. The molecule has 1 aromatic carbocycles. The van der Waals surface area contributed by atoms with Crippen LogP contribution in [0, 0.1) is 17.8 Å². The molecule has 148 valence electrons. The zero-order chi connectivity index (χ0) is 19.1. The summed E-state index contributed by atoms with van der Waals surface area (Å²) >= 11 is 0. The maximum absolute atomic E-state index is 12.5. The largest absolute Gasteiger partial charge is 0.494 e. The van der Waals surface area contributed by atoms with Gasteiger partial charge in [0.2, 0.25) is 5.91 Å². The molecule has 0 bridgehead atoms. The molecule has 0 aromatic heterocycles. The van der Waals surface area contributed by atoms with Crippen molar-refractivity contribution in [3.8, 4) is 5.75 Å². The Hall–Kier alpha value is -2.04. The van der Waals surface area contributed by atoms with Gasteiger partial charge in [0.05, 0.1) is 18.4 Å². The molecular formula is C22H31NO4. The van der Waals surface area contributed by atoms with Crippen LogP contribution >= 0.6 is 0 Å². The molecule has 2 aliphatic carbocycles. The molecule has 5 nitrogen and oxygen atoms in total. The second-order valence-electron chi connectivity index (χ2n) is 7.99. The van der Waals surface area contributed by atoms with Crippen molar-refractivity contribution >= 4 is 17.6 Å². The lowest BCUT2D eigenvalue weighted by Gasteiger charge is -2.27. The molecule has 0 unspecified atom stereocenters. The van der Waals surface area contributed by atoms with Crippen LogP contribution in [0.15, 0.2) is 24.3 Å². The minimum atomic E-state index is -0.864. The molecular weight excluding hydrogens is 342 g/mol. The van der Waals surface area contributed by atoms with Crippen molar-refractivity contribution in [3.05, 3.63) is 24.3 Å². The number of rotatable bonds is 7. The van der Waals surface area contributed by atoms with E-state index in [0.717, 1.165) is 37.5 Å². The molecule has 0 saturated heterocycles. The van der Waals surface area contributed by atoms with Gasteiger partial charge in [-0.1, -0.05) is 44.9 Å². The van der Waals surface area contributed by atoms with Gasteiger partial charge in [-0.25, -0.2) is 0 Å². The molecule has 2 N–H and O–H groups in total. The number of nitrogens with one attached hydrogen (secondary N) is 1. The number of aliphatic carboxylic acids is 1. The number of ether oxygens (including phenoxy) is 1. The van der Waals surface area contributed by atoms with E-state index in [0.29, 0.717) is 18.5 Å². The number of carbonyl (C=O) groups excluding carboxylic acids is 1. The first-order chi connectivity index (χ1) is 13.1. The molecule has 27 heavy (non-hydrogen) atoms. The van der Waals surface area contributed by atoms with Crippen molar-refractivity contribution in [1.29, 1.82) is 0 Å². The van der Waals surface area contributed by atoms with Crippen molar-refractivity contribution < 1.29 is 19.4 Å².